The Hall–Kier alpha value is -2.67. The topological polar surface area (TPSA) is 84.5 Å². The molecular formula is C17H17N3O4. The molecule has 2 aliphatic heterocycles. The lowest BCUT2D eigenvalue weighted by Crippen LogP contribution is -2.37. The molecule has 124 valence electrons. The van der Waals surface area contributed by atoms with Crippen molar-refractivity contribution in [2.24, 2.45) is 5.92 Å². The van der Waals surface area contributed by atoms with Gasteiger partial charge in [0.1, 0.15) is 5.75 Å². The largest absolute Gasteiger partial charge is 0.451 e. The van der Waals surface area contributed by atoms with Crippen molar-refractivity contribution in [1.82, 2.24) is 15.1 Å². The van der Waals surface area contributed by atoms with Crippen LogP contribution in [0.25, 0.3) is 10.9 Å². The van der Waals surface area contributed by atoms with Crippen molar-refractivity contribution in [2.75, 3.05) is 19.8 Å². The van der Waals surface area contributed by atoms with Gasteiger partial charge in [-0.1, -0.05) is 0 Å². The van der Waals surface area contributed by atoms with E-state index in [0.29, 0.717) is 31.4 Å². The number of benzene rings is 1. The van der Waals surface area contributed by atoms with Crippen molar-refractivity contribution in [2.45, 2.75) is 12.8 Å². The molecule has 0 radical (unpaired) electrons. The minimum Gasteiger partial charge on any atom is -0.451 e. The molecule has 4 rings (SSSR count). The molecule has 0 bridgehead atoms. The Labute approximate surface area is 138 Å². The van der Waals surface area contributed by atoms with E-state index in [0.717, 1.165) is 23.7 Å². The summed E-state index contributed by atoms with van der Waals surface area (Å²) >= 11 is 0. The zero-order chi connectivity index (χ0) is 16.5. The van der Waals surface area contributed by atoms with Crippen LogP contribution < -0.4 is 4.74 Å². The molecule has 1 aromatic carbocycles. The Morgan fingerprint density at radius 2 is 2.12 bits per heavy atom. The maximum absolute atomic E-state index is 12.5. The first-order valence-corrected chi connectivity index (χ1v) is 7.97. The zero-order valence-electron chi connectivity index (χ0n) is 13.0. The van der Waals surface area contributed by atoms with Crippen LogP contribution in [-0.4, -0.2) is 46.7 Å². The first kappa shape index (κ1) is 14.9. The van der Waals surface area contributed by atoms with Crippen LogP contribution in [0.4, 0.5) is 0 Å². The molecule has 2 amide bonds. The van der Waals surface area contributed by atoms with Crippen molar-refractivity contribution in [3.63, 3.8) is 0 Å². The number of aromatic amines is 1. The lowest BCUT2D eigenvalue weighted by atomic mass is 10.00. The normalized spacial score (nSPS) is 19.2. The lowest BCUT2D eigenvalue weighted by molar-refractivity contribution is -0.139. The summed E-state index contributed by atoms with van der Waals surface area (Å²) in [5.41, 5.74) is 0.881. The Bertz CT molecular complexity index is 820. The minimum absolute atomic E-state index is 0.0647. The molecule has 7 heteroatoms. The van der Waals surface area contributed by atoms with Crippen LogP contribution in [0.2, 0.25) is 0 Å². The molecule has 0 aliphatic carbocycles. The molecule has 3 heterocycles. The first-order valence-electron chi connectivity index (χ1n) is 7.97. The van der Waals surface area contributed by atoms with E-state index < -0.39 is 0 Å². The van der Waals surface area contributed by atoms with Crippen LogP contribution in [0.3, 0.4) is 0 Å². The van der Waals surface area contributed by atoms with Crippen LogP contribution in [0, 0.1) is 5.92 Å². The number of nitrogens with one attached hydrogen (secondary N) is 1. The van der Waals surface area contributed by atoms with E-state index in [2.05, 4.69) is 10.2 Å². The number of rotatable bonds is 4. The third-order valence-corrected chi connectivity index (χ3v) is 4.40. The third-order valence-electron chi connectivity index (χ3n) is 4.40. The Morgan fingerprint density at radius 1 is 1.29 bits per heavy atom. The number of carbonyl (C=O) groups is 2. The highest BCUT2D eigenvalue weighted by molar-refractivity contribution is 6.15. The van der Waals surface area contributed by atoms with Gasteiger partial charge in [-0.3, -0.25) is 19.6 Å². The zero-order valence-corrected chi connectivity index (χ0v) is 13.0. The van der Waals surface area contributed by atoms with Crippen molar-refractivity contribution < 1.29 is 19.1 Å². The number of aromatic nitrogens is 2. The molecule has 0 unspecified atom stereocenters. The molecule has 7 nitrogen and oxygen atoms in total. The molecule has 1 fully saturated rings. The van der Waals surface area contributed by atoms with E-state index >= 15 is 0 Å². The SMILES string of the molecule is O=C1C=C(Oc2ccc3[nH]ncc3c2)C(=O)N1CC1CCOCC1. The second-order valence-electron chi connectivity index (χ2n) is 6.04. The molecule has 0 spiro atoms. The van der Waals surface area contributed by atoms with Crippen molar-refractivity contribution in [3.05, 3.63) is 36.2 Å². The van der Waals surface area contributed by atoms with E-state index in [9.17, 15) is 9.59 Å². The van der Waals surface area contributed by atoms with Gasteiger partial charge < -0.3 is 9.47 Å². The summed E-state index contributed by atoms with van der Waals surface area (Å²) < 4.78 is 11.0. The highest BCUT2D eigenvalue weighted by atomic mass is 16.5. The summed E-state index contributed by atoms with van der Waals surface area (Å²) in [6.07, 6.45) is 4.67. The van der Waals surface area contributed by atoms with Gasteiger partial charge >= 0.3 is 0 Å². The molecule has 24 heavy (non-hydrogen) atoms. The van der Waals surface area contributed by atoms with Crippen LogP contribution in [0.1, 0.15) is 12.8 Å². The van der Waals surface area contributed by atoms with Gasteiger partial charge in [0.15, 0.2) is 5.76 Å². The van der Waals surface area contributed by atoms with E-state index in [1.54, 1.807) is 18.3 Å². The summed E-state index contributed by atoms with van der Waals surface area (Å²) in [6.45, 7) is 1.79. The Morgan fingerprint density at radius 3 is 2.96 bits per heavy atom. The third kappa shape index (κ3) is 2.78. The Balaban J connectivity index is 1.46. The number of carbonyl (C=O) groups excluding carboxylic acids is 2. The van der Waals surface area contributed by atoms with Gasteiger partial charge in [-0.15, -0.1) is 0 Å². The number of amides is 2. The first-order chi connectivity index (χ1) is 11.7. The van der Waals surface area contributed by atoms with E-state index in [1.165, 1.54) is 11.0 Å². The van der Waals surface area contributed by atoms with E-state index in [4.69, 9.17) is 9.47 Å². The molecule has 0 atom stereocenters. The monoisotopic (exact) mass is 327 g/mol. The average molecular weight is 327 g/mol. The van der Waals surface area contributed by atoms with Crippen LogP contribution in [0.15, 0.2) is 36.2 Å². The van der Waals surface area contributed by atoms with Gasteiger partial charge in [0.25, 0.3) is 11.8 Å². The second kappa shape index (κ2) is 6.09. The number of hydrogen-bond donors (Lipinski definition) is 1. The quantitative estimate of drug-likeness (QED) is 0.863. The van der Waals surface area contributed by atoms with Crippen LogP contribution in [-0.2, 0) is 14.3 Å². The molecular weight excluding hydrogens is 310 g/mol. The predicted octanol–water partition coefficient (Wildman–Crippen LogP) is 1.62. The minimum atomic E-state index is -0.376. The number of nitrogens with zero attached hydrogens (tertiary/aromatic N) is 2. The van der Waals surface area contributed by atoms with Crippen molar-refractivity contribution in [1.29, 1.82) is 0 Å². The number of hydrogen-bond acceptors (Lipinski definition) is 5. The average Bonchev–Trinajstić information content (AvgIpc) is 3.16. The molecule has 1 N–H and O–H groups in total. The fourth-order valence-electron chi connectivity index (χ4n) is 3.03. The summed E-state index contributed by atoms with van der Waals surface area (Å²) in [7, 11) is 0. The summed E-state index contributed by atoms with van der Waals surface area (Å²) in [5, 5.41) is 7.67. The smallest absolute Gasteiger partial charge is 0.296 e. The van der Waals surface area contributed by atoms with Gasteiger partial charge in [0, 0.05) is 25.1 Å². The summed E-state index contributed by atoms with van der Waals surface area (Å²) in [5.74, 6) is 0.172. The van der Waals surface area contributed by atoms with Gasteiger partial charge in [-0.25, -0.2) is 0 Å². The van der Waals surface area contributed by atoms with E-state index in [1.807, 2.05) is 6.07 Å². The van der Waals surface area contributed by atoms with Gasteiger partial charge in [0.05, 0.1) is 17.8 Å². The summed E-state index contributed by atoms with van der Waals surface area (Å²) in [4.78, 5) is 25.9. The van der Waals surface area contributed by atoms with Gasteiger partial charge in [0.2, 0.25) is 0 Å². The highest BCUT2D eigenvalue weighted by Gasteiger charge is 2.34. The highest BCUT2D eigenvalue weighted by Crippen LogP contribution is 2.25. The molecule has 1 saturated heterocycles. The number of H-pyrrole nitrogens is 1. The molecule has 2 aromatic rings. The maximum atomic E-state index is 12.5. The van der Waals surface area contributed by atoms with E-state index in [-0.39, 0.29) is 17.6 Å². The number of ether oxygens (including phenoxy) is 2. The fourth-order valence-corrected chi connectivity index (χ4v) is 3.03. The van der Waals surface area contributed by atoms with Gasteiger partial charge in [-0.05, 0) is 37.0 Å². The molecule has 1 aromatic heterocycles. The molecule has 0 saturated carbocycles. The maximum Gasteiger partial charge on any atom is 0.296 e. The van der Waals surface area contributed by atoms with Crippen LogP contribution >= 0.6 is 0 Å². The Kier molecular flexibility index (Phi) is 3.78. The standard InChI is InChI=1S/C17H17N3O4/c21-16-8-15(17(22)20(16)10-11-3-5-23-6-4-11)24-13-1-2-14-12(7-13)9-18-19-14/h1-2,7-9,11H,3-6,10H2,(H,18,19). The van der Waals surface area contributed by atoms with Gasteiger partial charge in [-0.2, -0.15) is 5.10 Å². The molecule has 2 aliphatic rings. The fraction of sp³-hybridized carbons (Fsp3) is 0.353. The number of imide groups is 1. The van der Waals surface area contributed by atoms with Crippen molar-refractivity contribution >= 4 is 22.7 Å². The lowest BCUT2D eigenvalue weighted by Gasteiger charge is -2.25. The summed E-state index contributed by atoms with van der Waals surface area (Å²) in [6, 6.07) is 5.33. The van der Waals surface area contributed by atoms with Crippen LogP contribution in [0.5, 0.6) is 5.75 Å². The number of fused-ring (bicyclic) bond motifs is 1. The van der Waals surface area contributed by atoms with Crippen molar-refractivity contribution in [3.8, 4) is 5.75 Å². The second-order valence-corrected chi connectivity index (χ2v) is 6.04. The predicted molar refractivity (Wildman–Crippen MR) is 85.1 cm³/mol.